The van der Waals surface area contributed by atoms with E-state index in [0.717, 1.165) is 12.1 Å². The van der Waals surface area contributed by atoms with Crippen LogP contribution in [0.5, 0.6) is 0 Å². The maximum absolute atomic E-state index is 13.2. The maximum Gasteiger partial charge on any atom is 0.274 e. The lowest BCUT2D eigenvalue weighted by molar-refractivity contribution is -0.128. The van der Waals surface area contributed by atoms with Crippen molar-refractivity contribution in [1.29, 1.82) is 0 Å². The Balaban J connectivity index is 2.74. The summed E-state index contributed by atoms with van der Waals surface area (Å²) < 4.78 is 26.0. The summed E-state index contributed by atoms with van der Waals surface area (Å²) in [7, 11) is 0. The third-order valence-electron chi connectivity index (χ3n) is 2.26. The van der Waals surface area contributed by atoms with Crippen LogP contribution in [0.25, 0.3) is 0 Å². The Labute approximate surface area is 83.7 Å². The van der Waals surface area contributed by atoms with Crippen LogP contribution in [0.2, 0.25) is 0 Å². The Morgan fingerprint density at radius 1 is 1.47 bits per heavy atom. The number of halogens is 2. The van der Waals surface area contributed by atoms with Crippen molar-refractivity contribution in [3.63, 3.8) is 0 Å². The summed E-state index contributed by atoms with van der Waals surface area (Å²) >= 11 is 0. The van der Waals surface area contributed by atoms with Gasteiger partial charge in [0.15, 0.2) is 11.6 Å². The van der Waals surface area contributed by atoms with E-state index in [1.807, 2.05) is 11.2 Å². The maximum atomic E-state index is 13.2. The summed E-state index contributed by atoms with van der Waals surface area (Å²) in [5, 5.41) is 11.7. The molecule has 1 aromatic rings. The zero-order chi connectivity index (χ0) is 11.2. The highest BCUT2D eigenvalue weighted by Crippen LogP contribution is 2.37. The monoisotopic (exact) mass is 209 g/mol. The molecule has 0 bridgehead atoms. The highest BCUT2D eigenvalue weighted by atomic mass is 19.2. The molecule has 1 amide bonds. The molecule has 1 unspecified atom stereocenters. The lowest BCUT2D eigenvalue weighted by Gasteiger charge is -2.12. The van der Waals surface area contributed by atoms with Crippen LogP contribution in [0.4, 0.5) is 14.5 Å². The molecular weight excluding hydrogens is 204 g/mol. The van der Waals surface area contributed by atoms with Crippen LogP contribution in [-0.2, 0) is 10.4 Å². The van der Waals surface area contributed by atoms with E-state index >= 15 is 0 Å². The van der Waals surface area contributed by atoms with E-state index in [2.05, 4.69) is 0 Å². The van der Waals surface area contributed by atoms with Gasteiger partial charge in [-0.3, -0.25) is 4.79 Å². The molecule has 15 heavy (non-hydrogen) atoms. The van der Waals surface area contributed by atoms with E-state index in [-0.39, 0.29) is 5.56 Å². The number of terminal acetylenes is 1. The molecule has 2 N–H and O–H groups in total. The Bertz CT molecular complexity index is 507. The van der Waals surface area contributed by atoms with Gasteiger partial charge in [-0.05, 0) is 12.1 Å². The molecule has 3 nitrogen and oxygen atoms in total. The first-order valence-corrected chi connectivity index (χ1v) is 4.01. The fourth-order valence-electron chi connectivity index (χ4n) is 1.44. The predicted molar refractivity (Wildman–Crippen MR) is 47.7 cm³/mol. The van der Waals surface area contributed by atoms with E-state index < -0.39 is 28.8 Å². The summed E-state index contributed by atoms with van der Waals surface area (Å²) in [4.78, 5) is 11.3. The van der Waals surface area contributed by atoms with Crippen LogP contribution in [0, 0.1) is 24.0 Å². The first kappa shape index (κ1) is 9.62. The number of nitrogens with one attached hydrogen (secondary N) is 1. The SMILES string of the molecule is C#CC1(O)C(=O)Nc2c1ccc(F)c2F. The number of amides is 1. The lowest BCUT2D eigenvalue weighted by Crippen LogP contribution is -2.32. The second-order valence-corrected chi connectivity index (χ2v) is 3.09. The quantitative estimate of drug-likeness (QED) is 0.619. The van der Waals surface area contributed by atoms with E-state index in [9.17, 15) is 18.7 Å². The fraction of sp³-hybridized carbons (Fsp3) is 0.100. The molecule has 1 atom stereocenters. The van der Waals surface area contributed by atoms with Crippen molar-refractivity contribution in [2.24, 2.45) is 0 Å². The van der Waals surface area contributed by atoms with E-state index in [1.165, 1.54) is 0 Å². The highest BCUT2D eigenvalue weighted by Gasteiger charge is 2.45. The van der Waals surface area contributed by atoms with Gasteiger partial charge in [0, 0.05) is 5.56 Å². The van der Waals surface area contributed by atoms with Gasteiger partial charge >= 0.3 is 0 Å². The van der Waals surface area contributed by atoms with Crippen molar-refractivity contribution in [3.05, 3.63) is 29.3 Å². The average molecular weight is 209 g/mol. The number of carbonyl (C=O) groups is 1. The van der Waals surface area contributed by atoms with Crippen LogP contribution in [0.15, 0.2) is 12.1 Å². The molecular formula is C10H5F2NO2. The smallest absolute Gasteiger partial charge is 0.274 e. The molecule has 0 saturated heterocycles. The summed E-state index contributed by atoms with van der Waals surface area (Å²) in [5.41, 5.74) is -2.77. The number of fused-ring (bicyclic) bond motifs is 1. The van der Waals surface area contributed by atoms with Gasteiger partial charge in [0.2, 0.25) is 5.60 Å². The zero-order valence-electron chi connectivity index (χ0n) is 7.34. The van der Waals surface area contributed by atoms with Crippen molar-refractivity contribution in [2.45, 2.75) is 5.60 Å². The predicted octanol–water partition coefficient (Wildman–Crippen LogP) is 0.738. The molecule has 2 rings (SSSR count). The number of hydrogen-bond acceptors (Lipinski definition) is 2. The lowest BCUT2D eigenvalue weighted by atomic mass is 9.96. The van der Waals surface area contributed by atoms with Crippen molar-refractivity contribution < 1.29 is 18.7 Å². The van der Waals surface area contributed by atoms with Gasteiger partial charge in [0.1, 0.15) is 0 Å². The first-order valence-electron chi connectivity index (χ1n) is 4.01. The van der Waals surface area contributed by atoms with Gasteiger partial charge in [-0.1, -0.05) is 5.92 Å². The van der Waals surface area contributed by atoms with Crippen LogP contribution in [-0.4, -0.2) is 11.0 Å². The Morgan fingerprint density at radius 2 is 2.13 bits per heavy atom. The fourth-order valence-corrected chi connectivity index (χ4v) is 1.44. The molecule has 1 aliphatic heterocycles. The molecule has 0 fully saturated rings. The van der Waals surface area contributed by atoms with Crippen molar-refractivity contribution >= 4 is 11.6 Å². The molecule has 0 aromatic heterocycles. The normalized spacial score (nSPS) is 23.2. The second-order valence-electron chi connectivity index (χ2n) is 3.09. The van der Waals surface area contributed by atoms with Crippen molar-refractivity contribution in [1.82, 2.24) is 0 Å². The molecule has 0 spiro atoms. The number of rotatable bonds is 0. The number of benzene rings is 1. The number of carbonyl (C=O) groups excluding carboxylic acids is 1. The summed E-state index contributed by atoms with van der Waals surface area (Å²) in [6, 6.07) is 1.88. The van der Waals surface area contributed by atoms with Crippen LogP contribution < -0.4 is 5.32 Å². The number of hydrogen-bond donors (Lipinski definition) is 2. The zero-order valence-corrected chi connectivity index (χ0v) is 7.34. The van der Waals surface area contributed by atoms with Gasteiger partial charge in [-0.2, -0.15) is 0 Å². The largest absolute Gasteiger partial charge is 0.366 e. The van der Waals surface area contributed by atoms with Gasteiger partial charge in [0.25, 0.3) is 5.91 Å². The summed E-state index contributed by atoms with van der Waals surface area (Å²) in [6.07, 6.45) is 4.98. The Hall–Kier alpha value is -1.93. The Morgan fingerprint density at radius 3 is 2.73 bits per heavy atom. The minimum absolute atomic E-state index is 0.145. The first-order chi connectivity index (χ1) is 7.00. The van der Waals surface area contributed by atoms with Crippen LogP contribution in [0.3, 0.4) is 0 Å². The van der Waals surface area contributed by atoms with E-state index in [0.29, 0.717) is 0 Å². The molecule has 0 saturated carbocycles. The van der Waals surface area contributed by atoms with Crippen LogP contribution >= 0.6 is 0 Å². The molecule has 76 valence electrons. The molecule has 1 aliphatic rings. The second kappa shape index (κ2) is 2.78. The van der Waals surface area contributed by atoms with Crippen molar-refractivity contribution in [3.8, 4) is 12.3 Å². The Kier molecular flexibility index (Phi) is 1.78. The molecule has 0 radical (unpaired) electrons. The summed E-state index contributed by atoms with van der Waals surface area (Å²) in [6.45, 7) is 0. The molecule has 0 aliphatic carbocycles. The average Bonchev–Trinajstić information content (AvgIpc) is 2.48. The minimum Gasteiger partial charge on any atom is -0.366 e. The standard InChI is InChI=1S/C10H5F2NO2/c1-2-10(15)5-3-4-6(11)7(12)8(5)13-9(10)14/h1,3-4,15H,(H,13,14). The highest BCUT2D eigenvalue weighted by molar-refractivity contribution is 6.07. The third kappa shape index (κ3) is 1.05. The number of anilines is 1. The molecule has 1 heterocycles. The van der Waals surface area contributed by atoms with E-state index in [4.69, 9.17) is 6.42 Å². The van der Waals surface area contributed by atoms with Gasteiger partial charge in [-0.15, -0.1) is 6.42 Å². The number of aliphatic hydroxyl groups is 1. The van der Waals surface area contributed by atoms with Gasteiger partial charge in [-0.25, -0.2) is 8.78 Å². The topological polar surface area (TPSA) is 49.3 Å². The minimum atomic E-state index is -2.22. The molecule has 5 heteroatoms. The van der Waals surface area contributed by atoms with Crippen LogP contribution in [0.1, 0.15) is 5.56 Å². The van der Waals surface area contributed by atoms with Gasteiger partial charge < -0.3 is 10.4 Å². The summed E-state index contributed by atoms with van der Waals surface area (Å²) in [5.74, 6) is -1.45. The third-order valence-corrected chi connectivity index (χ3v) is 2.26. The molecule has 1 aromatic carbocycles. The van der Waals surface area contributed by atoms with Crippen molar-refractivity contribution in [2.75, 3.05) is 5.32 Å². The van der Waals surface area contributed by atoms with E-state index in [1.54, 1.807) is 0 Å². The van der Waals surface area contributed by atoms with Gasteiger partial charge in [0.05, 0.1) is 5.69 Å².